The SMILES string of the molecule is CCOC(=O)/C=C1\CC[C@H]2[C@@H]3CC=C4C(C)(C)[C@@H](O)CC[C@]4(C)[C@H]3CC[C@]12C. The van der Waals surface area contributed by atoms with Crippen LogP contribution in [0.5, 0.6) is 0 Å². The number of fused-ring (bicyclic) bond motifs is 5. The average molecular weight is 387 g/mol. The van der Waals surface area contributed by atoms with E-state index in [-0.39, 0.29) is 28.3 Å². The quantitative estimate of drug-likeness (QED) is 0.391. The maximum atomic E-state index is 12.1. The van der Waals surface area contributed by atoms with Crippen molar-refractivity contribution in [2.24, 2.45) is 34.0 Å². The molecule has 3 heteroatoms. The van der Waals surface area contributed by atoms with Crippen molar-refractivity contribution in [2.45, 2.75) is 85.7 Å². The van der Waals surface area contributed by atoms with E-state index >= 15 is 0 Å². The summed E-state index contributed by atoms with van der Waals surface area (Å²) in [6, 6.07) is 0. The standard InChI is InChI=1S/C25H38O3/c1-6-28-22(27)15-16-7-9-18-17-8-10-20-23(2,3)21(26)12-14-25(20,5)19(17)11-13-24(16,18)4/h10,15,17-19,21,26H,6-9,11-14H2,1-5H3/b16-15+/t17-,18-,19-,21-,24+,25+/m0/s1. The lowest BCUT2D eigenvalue weighted by atomic mass is 9.44. The number of carbonyl (C=O) groups is 1. The van der Waals surface area contributed by atoms with E-state index in [4.69, 9.17) is 4.74 Å². The lowest BCUT2D eigenvalue weighted by molar-refractivity contribution is -0.137. The maximum Gasteiger partial charge on any atom is 0.330 e. The Morgan fingerprint density at radius 2 is 1.82 bits per heavy atom. The van der Waals surface area contributed by atoms with Crippen molar-refractivity contribution in [3.63, 3.8) is 0 Å². The van der Waals surface area contributed by atoms with Gasteiger partial charge in [0, 0.05) is 11.5 Å². The van der Waals surface area contributed by atoms with Gasteiger partial charge in [-0.05, 0) is 80.5 Å². The Kier molecular flexibility index (Phi) is 4.85. The first kappa shape index (κ1) is 20.2. The second-order valence-corrected chi connectivity index (χ2v) is 10.8. The molecule has 0 unspecified atom stereocenters. The van der Waals surface area contributed by atoms with Crippen LogP contribution in [0.2, 0.25) is 0 Å². The first-order chi connectivity index (χ1) is 13.1. The molecule has 0 saturated heterocycles. The second kappa shape index (κ2) is 6.72. The summed E-state index contributed by atoms with van der Waals surface area (Å²) in [4.78, 5) is 12.1. The molecule has 1 N–H and O–H groups in total. The molecule has 4 rings (SSSR count). The smallest absolute Gasteiger partial charge is 0.330 e. The minimum atomic E-state index is -0.220. The first-order valence-electron chi connectivity index (χ1n) is 11.4. The van der Waals surface area contributed by atoms with Gasteiger partial charge in [-0.15, -0.1) is 0 Å². The van der Waals surface area contributed by atoms with Gasteiger partial charge in [-0.1, -0.05) is 44.9 Å². The summed E-state index contributed by atoms with van der Waals surface area (Å²) in [5.41, 5.74) is 3.11. The Morgan fingerprint density at radius 3 is 2.54 bits per heavy atom. The van der Waals surface area contributed by atoms with Crippen LogP contribution in [-0.4, -0.2) is 23.8 Å². The molecular weight excluding hydrogens is 348 g/mol. The monoisotopic (exact) mass is 386 g/mol. The number of hydrogen-bond donors (Lipinski definition) is 1. The van der Waals surface area contributed by atoms with Crippen LogP contribution >= 0.6 is 0 Å². The van der Waals surface area contributed by atoms with Crippen LogP contribution in [0.25, 0.3) is 0 Å². The van der Waals surface area contributed by atoms with E-state index in [0.717, 1.165) is 25.7 Å². The van der Waals surface area contributed by atoms with Gasteiger partial charge >= 0.3 is 5.97 Å². The summed E-state index contributed by atoms with van der Waals surface area (Å²) >= 11 is 0. The van der Waals surface area contributed by atoms with Gasteiger partial charge in [0.05, 0.1) is 12.7 Å². The summed E-state index contributed by atoms with van der Waals surface area (Å²) in [6.07, 6.45) is 11.9. The number of ether oxygens (including phenoxy) is 1. The number of esters is 1. The lowest BCUT2D eigenvalue weighted by Crippen LogP contribution is -2.54. The fraction of sp³-hybridized carbons (Fsp3) is 0.800. The lowest BCUT2D eigenvalue weighted by Gasteiger charge is -2.60. The highest BCUT2D eigenvalue weighted by atomic mass is 16.5. The van der Waals surface area contributed by atoms with Crippen LogP contribution in [0.1, 0.15) is 79.6 Å². The van der Waals surface area contributed by atoms with Crippen LogP contribution in [0.4, 0.5) is 0 Å². The molecule has 4 aliphatic rings. The van der Waals surface area contributed by atoms with Crippen LogP contribution < -0.4 is 0 Å². The first-order valence-corrected chi connectivity index (χ1v) is 11.4. The molecule has 28 heavy (non-hydrogen) atoms. The summed E-state index contributed by atoms with van der Waals surface area (Å²) in [6.45, 7) is 11.7. The fourth-order valence-corrected chi connectivity index (χ4v) is 7.80. The molecule has 0 radical (unpaired) electrons. The number of rotatable bonds is 2. The van der Waals surface area contributed by atoms with Crippen molar-refractivity contribution in [2.75, 3.05) is 6.61 Å². The highest BCUT2D eigenvalue weighted by molar-refractivity contribution is 5.83. The summed E-state index contributed by atoms with van der Waals surface area (Å²) in [5.74, 6) is 1.91. The molecule has 0 spiro atoms. The van der Waals surface area contributed by atoms with E-state index < -0.39 is 0 Å². The third kappa shape index (κ3) is 2.75. The van der Waals surface area contributed by atoms with E-state index in [9.17, 15) is 9.90 Å². The Labute approximate surface area is 170 Å². The minimum absolute atomic E-state index is 0.108. The average Bonchev–Trinajstić information content (AvgIpc) is 2.95. The van der Waals surface area contributed by atoms with E-state index in [1.54, 1.807) is 0 Å². The van der Waals surface area contributed by atoms with Crippen molar-refractivity contribution >= 4 is 5.97 Å². The van der Waals surface area contributed by atoms with Gasteiger partial charge in [-0.25, -0.2) is 4.79 Å². The van der Waals surface area contributed by atoms with Gasteiger partial charge in [0.1, 0.15) is 0 Å². The van der Waals surface area contributed by atoms with Gasteiger partial charge in [0.25, 0.3) is 0 Å². The second-order valence-electron chi connectivity index (χ2n) is 10.8. The van der Waals surface area contributed by atoms with Gasteiger partial charge in [0.2, 0.25) is 0 Å². The maximum absolute atomic E-state index is 12.1. The number of hydrogen-bond acceptors (Lipinski definition) is 3. The molecule has 4 aliphatic carbocycles. The zero-order valence-electron chi connectivity index (χ0n) is 18.4. The van der Waals surface area contributed by atoms with Crippen LogP contribution in [0, 0.1) is 34.0 Å². The predicted molar refractivity (Wildman–Crippen MR) is 112 cm³/mol. The largest absolute Gasteiger partial charge is 0.463 e. The van der Waals surface area contributed by atoms with Crippen molar-refractivity contribution in [3.8, 4) is 0 Å². The number of carbonyl (C=O) groups excluding carboxylic acids is 1. The molecule has 3 fully saturated rings. The van der Waals surface area contributed by atoms with E-state index in [1.807, 2.05) is 13.0 Å². The van der Waals surface area contributed by atoms with E-state index in [1.165, 1.54) is 30.4 Å². The third-order valence-electron chi connectivity index (χ3n) is 9.36. The molecule has 0 heterocycles. The number of aliphatic hydroxyl groups excluding tert-OH is 1. The molecule has 3 saturated carbocycles. The van der Waals surface area contributed by atoms with Crippen molar-refractivity contribution < 1.29 is 14.6 Å². The van der Waals surface area contributed by atoms with Gasteiger partial charge in [-0.3, -0.25) is 0 Å². The Balaban J connectivity index is 1.65. The van der Waals surface area contributed by atoms with Crippen LogP contribution in [0.3, 0.4) is 0 Å². The zero-order chi connectivity index (χ0) is 20.3. The fourth-order valence-electron chi connectivity index (χ4n) is 7.80. The number of aliphatic hydroxyl groups is 1. The van der Waals surface area contributed by atoms with Crippen LogP contribution in [0.15, 0.2) is 23.3 Å². The van der Waals surface area contributed by atoms with Crippen molar-refractivity contribution in [3.05, 3.63) is 23.3 Å². The molecule has 0 aromatic carbocycles. The zero-order valence-corrected chi connectivity index (χ0v) is 18.4. The molecule has 3 nitrogen and oxygen atoms in total. The third-order valence-corrected chi connectivity index (χ3v) is 9.36. The highest BCUT2D eigenvalue weighted by Crippen LogP contribution is 2.67. The van der Waals surface area contributed by atoms with Gasteiger partial charge < -0.3 is 9.84 Å². The topological polar surface area (TPSA) is 46.5 Å². The normalized spacial score (nSPS) is 45.6. The summed E-state index contributed by atoms with van der Waals surface area (Å²) in [7, 11) is 0. The molecule has 0 aromatic rings. The van der Waals surface area contributed by atoms with E-state index in [2.05, 4.69) is 33.8 Å². The van der Waals surface area contributed by atoms with Gasteiger partial charge in [0.15, 0.2) is 0 Å². The Morgan fingerprint density at radius 1 is 1.14 bits per heavy atom. The van der Waals surface area contributed by atoms with Crippen molar-refractivity contribution in [1.82, 2.24) is 0 Å². The summed E-state index contributed by atoms with van der Waals surface area (Å²) in [5, 5.41) is 10.6. The molecule has 0 amide bonds. The molecular formula is C25H38O3. The molecule has 0 aliphatic heterocycles. The Hall–Kier alpha value is -1.09. The molecule has 6 atom stereocenters. The predicted octanol–water partition coefficient (Wildman–Crippen LogP) is 5.44. The van der Waals surface area contributed by atoms with E-state index in [0.29, 0.717) is 24.4 Å². The van der Waals surface area contributed by atoms with Crippen LogP contribution in [-0.2, 0) is 9.53 Å². The number of allylic oxidation sites excluding steroid dienone is 2. The van der Waals surface area contributed by atoms with Crippen molar-refractivity contribution in [1.29, 1.82) is 0 Å². The minimum Gasteiger partial charge on any atom is -0.463 e. The summed E-state index contributed by atoms with van der Waals surface area (Å²) < 4.78 is 5.21. The highest BCUT2D eigenvalue weighted by Gasteiger charge is 2.59. The van der Waals surface area contributed by atoms with Gasteiger partial charge in [-0.2, -0.15) is 0 Å². The molecule has 0 aromatic heterocycles. The Bertz CT molecular complexity index is 717. The molecule has 156 valence electrons. The molecule has 0 bridgehead atoms.